The van der Waals surface area contributed by atoms with E-state index in [9.17, 15) is 4.79 Å². The van der Waals surface area contributed by atoms with Crippen molar-refractivity contribution in [1.29, 1.82) is 0 Å². The lowest BCUT2D eigenvalue weighted by Crippen LogP contribution is -2.26. The number of aromatic nitrogens is 2. The van der Waals surface area contributed by atoms with E-state index in [1.807, 2.05) is 36.5 Å². The highest BCUT2D eigenvalue weighted by Crippen LogP contribution is 2.42. The molecule has 9 heteroatoms. The highest BCUT2D eigenvalue weighted by Gasteiger charge is 2.35. The van der Waals surface area contributed by atoms with Gasteiger partial charge >= 0.3 is 0 Å². The molecule has 0 spiro atoms. The van der Waals surface area contributed by atoms with Crippen LogP contribution in [0.3, 0.4) is 0 Å². The monoisotopic (exact) mass is 463 g/mol. The van der Waals surface area contributed by atoms with Crippen molar-refractivity contribution in [3.63, 3.8) is 0 Å². The summed E-state index contributed by atoms with van der Waals surface area (Å²) in [6.45, 7) is 0. The molecule has 8 nitrogen and oxygen atoms in total. The van der Waals surface area contributed by atoms with Crippen LogP contribution in [0.1, 0.15) is 49.1 Å². The number of hydrogen-bond donors (Lipinski definition) is 1. The third kappa shape index (κ3) is 3.74. The minimum Gasteiger partial charge on any atom is -0.493 e. The Morgan fingerprint density at radius 3 is 2.91 bits per heavy atom. The molecule has 3 unspecified atom stereocenters. The smallest absolute Gasteiger partial charge is 0.226 e. The number of dihydropyridines is 1. The van der Waals surface area contributed by atoms with Gasteiger partial charge in [-0.3, -0.25) is 9.79 Å². The summed E-state index contributed by atoms with van der Waals surface area (Å²) in [5, 5.41) is 8.39. The molecule has 1 amide bonds. The number of rotatable bonds is 4. The second-order valence-electron chi connectivity index (χ2n) is 8.69. The molecule has 1 aromatic carbocycles. The maximum absolute atomic E-state index is 12.7. The van der Waals surface area contributed by atoms with Crippen molar-refractivity contribution in [3.8, 4) is 11.5 Å². The predicted octanol–water partition coefficient (Wildman–Crippen LogP) is 3.97. The van der Waals surface area contributed by atoms with E-state index in [0.29, 0.717) is 12.2 Å². The minimum atomic E-state index is -0.119. The van der Waals surface area contributed by atoms with Crippen molar-refractivity contribution in [3.05, 3.63) is 47.7 Å². The summed E-state index contributed by atoms with van der Waals surface area (Å²) in [7, 11) is 1.66. The van der Waals surface area contributed by atoms with E-state index in [-0.39, 0.29) is 29.3 Å². The molecule has 170 valence electrons. The molecule has 3 aliphatic heterocycles. The number of carbonyl (C=O) groups is 1. The molecule has 0 radical (unpaired) electrons. The number of nitrogens with zero attached hydrogens (tertiary/aromatic N) is 4. The third-order valence-electron chi connectivity index (χ3n) is 6.59. The van der Waals surface area contributed by atoms with Gasteiger partial charge in [0.05, 0.1) is 19.4 Å². The van der Waals surface area contributed by atoms with Crippen LogP contribution in [0.2, 0.25) is 0 Å². The number of nitrogens with one attached hydrogen (secondary N) is 1. The minimum absolute atomic E-state index is 0.00169. The molecule has 1 saturated carbocycles. The first-order chi connectivity index (χ1) is 16.2. The maximum Gasteiger partial charge on any atom is 0.226 e. The summed E-state index contributed by atoms with van der Waals surface area (Å²) in [4.78, 5) is 22.0. The number of hydrogen-bond acceptors (Lipinski definition) is 7. The quantitative estimate of drug-likeness (QED) is 0.741. The fourth-order valence-electron chi connectivity index (χ4n) is 4.91. The fourth-order valence-corrected chi connectivity index (χ4v) is 5.97. The SMILES string of the molecule is COc1ccc(C2CC(=O)Nc3c2cnn3C2=NC3C=CC=NC3S2)cc1OC1CCCC1. The molecule has 2 aromatic rings. The standard InChI is InChI=1S/C24H25N5O3S/c1-31-19-9-8-14(11-20(19)32-15-5-2-3-6-15)16-12-21(30)28-22-17(16)13-26-29(22)24-27-18-7-4-10-25-23(18)33-24/h4,7-11,13,15-16,18,23H,2-3,5-6,12H2,1H3,(H,28,30). The van der Waals surface area contributed by atoms with Crippen molar-refractivity contribution >= 4 is 34.9 Å². The number of carbonyl (C=O) groups excluding carboxylic acids is 1. The fraction of sp³-hybridized carbons (Fsp3) is 0.417. The third-order valence-corrected chi connectivity index (χ3v) is 7.72. The molecule has 4 aliphatic rings. The molecule has 6 rings (SSSR count). The number of benzene rings is 1. The van der Waals surface area contributed by atoms with Crippen LogP contribution in [0, 0.1) is 0 Å². The summed E-state index contributed by atoms with van der Waals surface area (Å²) >= 11 is 1.56. The lowest BCUT2D eigenvalue weighted by Gasteiger charge is -2.25. The van der Waals surface area contributed by atoms with E-state index in [4.69, 9.17) is 14.5 Å². The Bertz CT molecular complexity index is 1180. The van der Waals surface area contributed by atoms with Crippen LogP contribution in [-0.4, -0.2) is 51.7 Å². The normalized spacial score (nSPS) is 26.0. The number of aliphatic imine (C=N–C) groups is 2. The number of fused-ring (bicyclic) bond motifs is 2. The summed E-state index contributed by atoms with van der Waals surface area (Å²) in [5.74, 6) is 1.98. The zero-order chi connectivity index (χ0) is 22.4. The van der Waals surface area contributed by atoms with Gasteiger partial charge in [-0.25, -0.2) is 4.99 Å². The van der Waals surface area contributed by atoms with E-state index >= 15 is 0 Å². The van der Waals surface area contributed by atoms with Gasteiger partial charge in [0.15, 0.2) is 16.7 Å². The Balaban J connectivity index is 1.34. The van der Waals surface area contributed by atoms with E-state index in [1.165, 1.54) is 12.8 Å². The Morgan fingerprint density at radius 1 is 1.21 bits per heavy atom. The highest BCUT2D eigenvalue weighted by atomic mass is 32.2. The van der Waals surface area contributed by atoms with Crippen LogP contribution < -0.4 is 14.8 Å². The Hall–Kier alpha value is -3.07. The number of ether oxygens (including phenoxy) is 2. The summed E-state index contributed by atoms with van der Waals surface area (Å²) in [6, 6.07) is 5.97. The van der Waals surface area contributed by atoms with Gasteiger partial charge in [0.2, 0.25) is 5.91 Å². The lowest BCUT2D eigenvalue weighted by molar-refractivity contribution is -0.116. The van der Waals surface area contributed by atoms with Crippen molar-refractivity contribution in [1.82, 2.24) is 9.78 Å². The Kier molecular flexibility index (Phi) is 5.21. The highest BCUT2D eigenvalue weighted by molar-refractivity contribution is 8.14. The first-order valence-electron chi connectivity index (χ1n) is 11.4. The van der Waals surface area contributed by atoms with Gasteiger partial charge in [-0.2, -0.15) is 9.78 Å². The second-order valence-corrected chi connectivity index (χ2v) is 9.78. The van der Waals surface area contributed by atoms with Crippen molar-refractivity contribution in [2.45, 2.75) is 55.5 Å². The van der Waals surface area contributed by atoms with Crippen LogP contribution in [0.15, 0.2) is 46.5 Å². The molecular weight excluding hydrogens is 438 g/mol. The number of thioether (sulfide) groups is 1. The van der Waals surface area contributed by atoms with E-state index < -0.39 is 0 Å². The van der Waals surface area contributed by atoms with E-state index in [2.05, 4.69) is 15.4 Å². The molecular formula is C24H25N5O3S. The topological polar surface area (TPSA) is 90.1 Å². The van der Waals surface area contributed by atoms with Crippen LogP contribution in [0.4, 0.5) is 5.82 Å². The van der Waals surface area contributed by atoms with Crippen molar-refractivity contribution in [2.24, 2.45) is 9.98 Å². The number of allylic oxidation sites excluding steroid dienone is 1. The van der Waals surface area contributed by atoms with Crippen LogP contribution in [0.5, 0.6) is 11.5 Å². The van der Waals surface area contributed by atoms with Gasteiger partial charge in [-0.15, -0.1) is 0 Å². The molecule has 4 heterocycles. The van der Waals surface area contributed by atoms with Gasteiger partial charge in [0, 0.05) is 24.1 Å². The van der Waals surface area contributed by atoms with Crippen LogP contribution in [0.25, 0.3) is 0 Å². The molecule has 0 saturated heterocycles. The van der Waals surface area contributed by atoms with Gasteiger partial charge in [0.25, 0.3) is 0 Å². The molecule has 1 aromatic heterocycles. The number of amides is 1. The van der Waals surface area contributed by atoms with E-state index in [1.54, 1.807) is 29.8 Å². The van der Waals surface area contributed by atoms with Gasteiger partial charge in [-0.1, -0.05) is 23.9 Å². The molecule has 1 N–H and O–H groups in total. The molecule has 1 aliphatic carbocycles. The molecule has 3 atom stereocenters. The van der Waals surface area contributed by atoms with Crippen LogP contribution in [-0.2, 0) is 4.79 Å². The summed E-state index contributed by atoms with van der Waals surface area (Å²) in [5.41, 5.74) is 1.99. The second kappa shape index (κ2) is 8.37. The van der Waals surface area contributed by atoms with Gasteiger partial charge in [-0.05, 0) is 49.5 Å². The number of methoxy groups -OCH3 is 1. The van der Waals surface area contributed by atoms with Crippen molar-refractivity contribution in [2.75, 3.05) is 12.4 Å². The van der Waals surface area contributed by atoms with Crippen LogP contribution >= 0.6 is 11.8 Å². The molecule has 1 fully saturated rings. The largest absolute Gasteiger partial charge is 0.493 e. The first kappa shape index (κ1) is 20.5. The summed E-state index contributed by atoms with van der Waals surface area (Å²) < 4.78 is 13.6. The Morgan fingerprint density at radius 2 is 2.09 bits per heavy atom. The first-order valence-corrected chi connectivity index (χ1v) is 12.2. The average molecular weight is 464 g/mol. The van der Waals surface area contributed by atoms with Gasteiger partial charge in [0.1, 0.15) is 17.2 Å². The number of anilines is 1. The predicted molar refractivity (Wildman–Crippen MR) is 129 cm³/mol. The van der Waals surface area contributed by atoms with E-state index in [0.717, 1.165) is 40.6 Å². The lowest BCUT2D eigenvalue weighted by atomic mass is 9.87. The average Bonchev–Trinajstić information content (AvgIpc) is 3.57. The molecule has 0 bridgehead atoms. The Labute approximate surface area is 196 Å². The maximum atomic E-state index is 12.7. The zero-order valence-corrected chi connectivity index (χ0v) is 19.1. The zero-order valence-electron chi connectivity index (χ0n) is 18.3. The van der Waals surface area contributed by atoms with Gasteiger partial charge < -0.3 is 14.8 Å². The molecule has 33 heavy (non-hydrogen) atoms. The summed E-state index contributed by atoms with van der Waals surface area (Å²) in [6.07, 6.45) is 12.7. The van der Waals surface area contributed by atoms with Crippen molar-refractivity contribution < 1.29 is 14.3 Å².